The summed E-state index contributed by atoms with van der Waals surface area (Å²) in [4.78, 5) is 4.17. The lowest BCUT2D eigenvalue weighted by atomic mass is 10.1. The van der Waals surface area contributed by atoms with Crippen LogP contribution in [0.4, 0.5) is 0 Å². The Labute approximate surface area is 113 Å². The summed E-state index contributed by atoms with van der Waals surface area (Å²) < 4.78 is 7.88. The zero-order valence-corrected chi connectivity index (χ0v) is 11.7. The van der Waals surface area contributed by atoms with Crippen LogP contribution in [0.25, 0.3) is 0 Å². The molecule has 0 aromatic carbocycles. The van der Waals surface area contributed by atoms with E-state index in [1.54, 1.807) is 24.2 Å². The van der Waals surface area contributed by atoms with Crippen molar-refractivity contribution < 1.29 is 4.74 Å². The number of ether oxygens (including phenoxy) is 1. The highest BCUT2D eigenvalue weighted by Gasteiger charge is 2.23. The fourth-order valence-electron chi connectivity index (χ4n) is 1.85. The average molecular weight is 312 g/mol. The molecular weight excluding hydrogens is 298 g/mol. The number of methoxy groups -OCH3 is 1. The van der Waals surface area contributed by atoms with Gasteiger partial charge in [0.2, 0.25) is 5.88 Å². The lowest BCUT2D eigenvalue weighted by Gasteiger charge is -2.19. The van der Waals surface area contributed by atoms with Crippen LogP contribution < -0.4 is 16.0 Å². The second kappa shape index (κ2) is 5.47. The van der Waals surface area contributed by atoms with Crippen LogP contribution >= 0.6 is 15.9 Å². The fourth-order valence-corrected chi connectivity index (χ4v) is 2.43. The van der Waals surface area contributed by atoms with Crippen LogP contribution in [0.1, 0.15) is 17.3 Å². The van der Waals surface area contributed by atoms with E-state index in [-0.39, 0.29) is 6.04 Å². The molecule has 3 N–H and O–H groups in total. The summed E-state index contributed by atoms with van der Waals surface area (Å²) in [7, 11) is 3.44. The summed E-state index contributed by atoms with van der Waals surface area (Å²) in [5, 5.41) is 4.18. The van der Waals surface area contributed by atoms with Gasteiger partial charge in [0.1, 0.15) is 0 Å². The van der Waals surface area contributed by atoms with Gasteiger partial charge in [-0.05, 0) is 22.0 Å². The highest BCUT2D eigenvalue weighted by Crippen LogP contribution is 2.31. The first kappa shape index (κ1) is 13.0. The first-order chi connectivity index (χ1) is 8.69. The second-order valence-corrected chi connectivity index (χ2v) is 4.56. The molecule has 2 rings (SSSR count). The summed E-state index contributed by atoms with van der Waals surface area (Å²) in [5.74, 6) is 6.20. The van der Waals surface area contributed by atoms with Crippen molar-refractivity contribution in [2.45, 2.75) is 6.04 Å². The molecule has 0 aliphatic heterocycles. The van der Waals surface area contributed by atoms with E-state index in [9.17, 15) is 0 Å². The molecule has 0 spiro atoms. The number of aryl methyl sites for hydroxylation is 1. The SMILES string of the molecule is COc1ncccc1C(NN)c1c(Br)cnn1C. The van der Waals surface area contributed by atoms with Crippen molar-refractivity contribution in [3.8, 4) is 5.88 Å². The lowest BCUT2D eigenvalue weighted by molar-refractivity contribution is 0.385. The maximum absolute atomic E-state index is 5.66. The highest BCUT2D eigenvalue weighted by molar-refractivity contribution is 9.10. The molecule has 0 bridgehead atoms. The molecule has 1 unspecified atom stereocenters. The van der Waals surface area contributed by atoms with Crippen molar-refractivity contribution in [1.82, 2.24) is 20.2 Å². The normalized spacial score (nSPS) is 12.4. The van der Waals surface area contributed by atoms with Gasteiger partial charge < -0.3 is 4.74 Å². The molecule has 18 heavy (non-hydrogen) atoms. The second-order valence-electron chi connectivity index (χ2n) is 3.70. The number of hydrogen-bond acceptors (Lipinski definition) is 5. The van der Waals surface area contributed by atoms with Gasteiger partial charge in [0.15, 0.2) is 0 Å². The molecule has 0 aliphatic rings. The quantitative estimate of drug-likeness (QED) is 0.654. The molecule has 1 atom stereocenters. The van der Waals surface area contributed by atoms with Crippen molar-refractivity contribution in [2.75, 3.05) is 7.11 Å². The largest absolute Gasteiger partial charge is 0.481 e. The smallest absolute Gasteiger partial charge is 0.218 e. The van der Waals surface area contributed by atoms with E-state index in [0.29, 0.717) is 5.88 Å². The van der Waals surface area contributed by atoms with Gasteiger partial charge >= 0.3 is 0 Å². The third-order valence-corrected chi connectivity index (χ3v) is 3.29. The van der Waals surface area contributed by atoms with Crippen LogP contribution in [-0.2, 0) is 7.05 Å². The first-order valence-corrected chi connectivity index (χ1v) is 6.10. The molecule has 2 aromatic rings. The number of nitrogens with zero attached hydrogens (tertiary/aromatic N) is 3. The molecule has 7 heteroatoms. The standard InChI is InChI=1S/C11H14BrN5O/c1-17-10(8(12)6-15-17)9(16-13)7-4-3-5-14-11(7)18-2/h3-6,9,16H,13H2,1-2H3. The van der Waals surface area contributed by atoms with E-state index < -0.39 is 0 Å². The number of nitrogens with one attached hydrogen (secondary N) is 1. The van der Waals surface area contributed by atoms with Gasteiger partial charge in [-0.25, -0.2) is 10.4 Å². The molecule has 0 aliphatic carbocycles. The van der Waals surface area contributed by atoms with Crippen molar-refractivity contribution >= 4 is 15.9 Å². The Morgan fingerprint density at radius 3 is 2.89 bits per heavy atom. The number of nitrogens with two attached hydrogens (primary N) is 1. The highest BCUT2D eigenvalue weighted by atomic mass is 79.9. The van der Waals surface area contributed by atoms with Gasteiger partial charge in [-0.1, -0.05) is 6.07 Å². The number of rotatable bonds is 4. The third-order valence-electron chi connectivity index (χ3n) is 2.68. The maximum atomic E-state index is 5.66. The molecule has 6 nitrogen and oxygen atoms in total. The van der Waals surface area contributed by atoms with E-state index in [4.69, 9.17) is 10.6 Å². The maximum Gasteiger partial charge on any atom is 0.218 e. The molecule has 0 saturated heterocycles. The summed E-state index contributed by atoms with van der Waals surface area (Å²) in [5.41, 5.74) is 4.53. The van der Waals surface area contributed by atoms with E-state index in [1.165, 1.54) is 0 Å². The van der Waals surface area contributed by atoms with Crippen LogP contribution in [0, 0.1) is 0 Å². The van der Waals surface area contributed by atoms with E-state index >= 15 is 0 Å². The summed E-state index contributed by atoms with van der Waals surface area (Å²) in [6.45, 7) is 0. The molecule has 2 heterocycles. The molecule has 96 valence electrons. The van der Waals surface area contributed by atoms with Crippen molar-refractivity contribution in [3.05, 3.63) is 40.3 Å². The van der Waals surface area contributed by atoms with E-state index in [2.05, 4.69) is 31.4 Å². The minimum absolute atomic E-state index is 0.254. The third kappa shape index (κ3) is 2.24. The van der Waals surface area contributed by atoms with Crippen LogP contribution in [0.3, 0.4) is 0 Å². The average Bonchev–Trinajstić information content (AvgIpc) is 2.72. The van der Waals surface area contributed by atoms with Crippen molar-refractivity contribution in [3.63, 3.8) is 0 Å². The number of hydrazine groups is 1. The Morgan fingerprint density at radius 2 is 2.33 bits per heavy atom. The van der Waals surface area contributed by atoms with Crippen LogP contribution in [0.5, 0.6) is 5.88 Å². The molecule has 0 saturated carbocycles. The number of pyridine rings is 1. The van der Waals surface area contributed by atoms with Gasteiger partial charge in [0.05, 0.1) is 29.5 Å². The Balaban J connectivity index is 2.52. The van der Waals surface area contributed by atoms with Gasteiger partial charge in [-0.15, -0.1) is 0 Å². The van der Waals surface area contributed by atoms with Gasteiger partial charge in [-0.3, -0.25) is 10.5 Å². The van der Waals surface area contributed by atoms with Crippen LogP contribution in [0.2, 0.25) is 0 Å². The zero-order valence-electron chi connectivity index (χ0n) is 10.1. The number of hydrogen-bond donors (Lipinski definition) is 2. The van der Waals surface area contributed by atoms with E-state index in [1.807, 2.05) is 19.2 Å². The Morgan fingerprint density at radius 1 is 1.56 bits per heavy atom. The van der Waals surface area contributed by atoms with Crippen LogP contribution in [-0.4, -0.2) is 21.9 Å². The molecule has 2 aromatic heterocycles. The fraction of sp³-hybridized carbons (Fsp3) is 0.273. The summed E-state index contributed by atoms with van der Waals surface area (Å²) >= 11 is 3.46. The van der Waals surface area contributed by atoms with Gasteiger partial charge in [0.25, 0.3) is 0 Å². The molecule has 0 radical (unpaired) electrons. The molecular formula is C11H14BrN5O. The van der Waals surface area contributed by atoms with Gasteiger partial charge in [0, 0.05) is 18.8 Å². The lowest BCUT2D eigenvalue weighted by Crippen LogP contribution is -2.31. The number of aromatic nitrogens is 3. The van der Waals surface area contributed by atoms with Crippen LogP contribution in [0.15, 0.2) is 29.0 Å². The monoisotopic (exact) mass is 311 g/mol. The van der Waals surface area contributed by atoms with Gasteiger partial charge in [-0.2, -0.15) is 5.10 Å². The van der Waals surface area contributed by atoms with Crippen molar-refractivity contribution in [1.29, 1.82) is 0 Å². The summed E-state index contributed by atoms with van der Waals surface area (Å²) in [6.07, 6.45) is 3.40. The Bertz CT molecular complexity index is 522. The minimum atomic E-state index is -0.254. The molecule has 0 amide bonds. The molecule has 0 fully saturated rings. The van der Waals surface area contributed by atoms with Crippen molar-refractivity contribution in [2.24, 2.45) is 12.9 Å². The first-order valence-electron chi connectivity index (χ1n) is 5.31. The predicted octanol–water partition coefficient (Wildman–Crippen LogP) is 1.14. The van der Waals surface area contributed by atoms with E-state index in [0.717, 1.165) is 15.7 Å². The Kier molecular flexibility index (Phi) is 3.95. The zero-order chi connectivity index (χ0) is 13.1. The minimum Gasteiger partial charge on any atom is -0.481 e. The number of halogens is 1. The Hall–Kier alpha value is -1.44. The summed E-state index contributed by atoms with van der Waals surface area (Å²) in [6, 6.07) is 3.50. The topological polar surface area (TPSA) is 78.0 Å². The predicted molar refractivity (Wildman–Crippen MR) is 70.9 cm³/mol.